The Hall–Kier alpha value is -1.97. The van der Waals surface area contributed by atoms with Gasteiger partial charge in [0, 0.05) is 34.7 Å². The predicted molar refractivity (Wildman–Crippen MR) is 87.4 cm³/mol. The molecule has 0 saturated heterocycles. The van der Waals surface area contributed by atoms with Crippen molar-refractivity contribution in [3.05, 3.63) is 76.5 Å². The Balaban J connectivity index is 1.75. The van der Waals surface area contributed by atoms with E-state index in [9.17, 15) is 0 Å². The van der Waals surface area contributed by atoms with Gasteiger partial charge in [0.2, 0.25) is 0 Å². The lowest BCUT2D eigenvalue weighted by Crippen LogP contribution is -2.01. The van der Waals surface area contributed by atoms with Gasteiger partial charge in [-0.25, -0.2) is 4.68 Å². The normalized spacial score (nSPS) is 10.6. The summed E-state index contributed by atoms with van der Waals surface area (Å²) in [5.74, 6) is 0. The van der Waals surface area contributed by atoms with Crippen LogP contribution in [-0.2, 0) is 6.54 Å². The first-order valence-corrected chi connectivity index (χ1v) is 7.25. The van der Waals surface area contributed by atoms with Gasteiger partial charge in [0.15, 0.2) is 0 Å². The van der Waals surface area contributed by atoms with Crippen LogP contribution in [0.25, 0.3) is 5.69 Å². The Morgan fingerprint density at radius 2 is 1.81 bits per heavy atom. The second-order valence-electron chi connectivity index (χ2n) is 4.63. The molecule has 0 aliphatic rings. The number of hydrogen-bond donors (Lipinski definition) is 1. The third kappa shape index (κ3) is 3.57. The number of anilines is 1. The van der Waals surface area contributed by atoms with Crippen LogP contribution in [0, 0.1) is 0 Å². The lowest BCUT2D eigenvalue weighted by molar-refractivity contribution is 0.880. The standard InChI is InChI=1S/C16H13Cl2N3/c17-13-7-12(8-14(18)9-13)11-19-15-3-1-4-16(10-15)21-6-2-5-20-21/h1-10,19H,11H2. The molecule has 0 amide bonds. The summed E-state index contributed by atoms with van der Waals surface area (Å²) >= 11 is 12.0. The van der Waals surface area contributed by atoms with Gasteiger partial charge < -0.3 is 5.32 Å². The van der Waals surface area contributed by atoms with Crippen LogP contribution in [-0.4, -0.2) is 9.78 Å². The highest BCUT2D eigenvalue weighted by atomic mass is 35.5. The van der Waals surface area contributed by atoms with Gasteiger partial charge in [-0.1, -0.05) is 29.3 Å². The molecule has 3 rings (SSSR count). The smallest absolute Gasteiger partial charge is 0.0666 e. The first-order valence-electron chi connectivity index (χ1n) is 6.50. The summed E-state index contributed by atoms with van der Waals surface area (Å²) in [7, 11) is 0. The van der Waals surface area contributed by atoms with E-state index in [2.05, 4.69) is 10.4 Å². The predicted octanol–water partition coefficient (Wildman–Crippen LogP) is 4.79. The van der Waals surface area contributed by atoms with E-state index >= 15 is 0 Å². The highest BCUT2D eigenvalue weighted by Gasteiger charge is 2.01. The fourth-order valence-corrected chi connectivity index (χ4v) is 2.67. The fraction of sp³-hybridized carbons (Fsp3) is 0.0625. The molecule has 0 aliphatic carbocycles. The summed E-state index contributed by atoms with van der Waals surface area (Å²) in [6.07, 6.45) is 3.67. The molecule has 1 heterocycles. The maximum absolute atomic E-state index is 6.00. The molecule has 2 aromatic carbocycles. The Bertz CT molecular complexity index is 719. The Kier molecular flexibility index (Phi) is 4.13. The second-order valence-corrected chi connectivity index (χ2v) is 5.51. The zero-order valence-corrected chi connectivity index (χ0v) is 12.6. The summed E-state index contributed by atoms with van der Waals surface area (Å²) in [5, 5.41) is 8.87. The van der Waals surface area contributed by atoms with E-state index in [0.717, 1.165) is 16.9 Å². The Morgan fingerprint density at radius 3 is 2.52 bits per heavy atom. The van der Waals surface area contributed by atoms with Gasteiger partial charge >= 0.3 is 0 Å². The van der Waals surface area contributed by atoms with Crippen LogP contribution in [0.4, 0.5) is 5.69 Å². The summed E-state index contributed by atoms with van der Waals surface area (Å²) in [5.41, 5.74) is 3.06. The quantitative estimate of drug-likeness (QED) is 0.749. The monoisotopic (exact) mass is 317 g/mol. The number of halogens is 2. The zero-order valence-electron chi connectivity index (χ0n) is 11.1. The van der Waals surface area contributed by atoms with Gasteiger partial charge in [0.1, 0.15) is 0 Å². The molecule has 21 heavy (non-hydrogen) atoms. The number of benzene rings is 2. The van der Waals surface area contributed by atoms with Gasteiger partial charge in [-0.15, -0.1) is 0 Å². The number of nitrogens with zero attached hydrogens (tertiary/aromatic N) is 2. The van der Waals surface area contributed by atoms with Crippen molar-refractivity contribution in [1.29, 1.82) is 0 Å². The molecule has 0 saturated carbocycles. The van der Waals surface area contributed by atoms with E-state index in [1.54, 1.807) is 12.3 Å². The van der Waals surface area contributed by atoms with E-state index in [1.807, 2.05) is 53.3 Å². The van der Waals surface area contributed by atoms with Crippen LogP contribution in [0.15, 0.2) is 60.9 Å². The van der Waals surface area contributed by atoms with Crippen molar-refractivity contribution in [2.24, 2.45) is 0 Å². The molecule has 0 spiro atoms. The average Bonchev–Trinajstić information content (AvgIpc) is 2.99. The SMILES string of the molecule is Clc1cc(Cl)cc(CNc2cccc(-n3cccn3)c2)c1. The van der Waals surface area contributed by atoms with Crippen LogP contribution in [0.3, 0.4) is 0 Å². The Labute approximate surface area is 133 Å². The minimum Gasteiger partial charge on any atom is -0.381 e. The van der Waals surface area contributed by atoms with Crippen LogP contribution in [0.5, 0.6) is 0 Å². The molecule has 0 aliphatic heterocycles. The van der Waals surface area contributed by atoms with Crippen molar-refractivity contribution in [2.75, 3.05) is 5.32 Å². The molecule has 1 aromatic heterocycles. The van der Waals surface area contributed by atoms with Crippen molar-refractivity contribution < 1.29 is 0 Å². The first-order chi connectivity index (χ1) is 10.2. The van der Waals surface area contributed by atoms with Crippen LogP contribution in [0.2, 0.25) is 10.0 Å². The minimum atomic E-state index is 0.643. The number of nitrogens with one attached hydrogen (secondary N) is 1. The topological polar surface area (TPSA) is 29.9 Å². The third-order valence-electron chi connectivity index (χ3n) is 3.03. The van der Waals surface area contributed by atoms with E-state index in [4.69, 9.17) is 23.2 Å². The number of aromatic nitrogens is 2. The van der Waals surface area contributed by atoms with E-state index in [-0.39, 0.29) is 0 Å². The molecule has 0 bridgehead atoms. The molecule has 1 N–H and O–H groups in total. The maximum atomic E-state index is 6.00. The maximum Gasteiger partial charge on any atom is 0.0666 e. The van der Waals surface area contributed by atoms with Gasteiger partial charge in [-0.3, -0.25) is 0 Å². The summed E-state index contributed by atoms with van der Waals surface area (Å²) in [6.45, 7) is 0.656. The molecule has 106 valence electrons. The lowest BCUT2D eigenvalue weighted by atomic mass is 10.2. The van der Waals surface area contributed by atoms with E-state index in [0.29, 0.717) is 16.6 Å². The summed E-state index contributed by atoms with van der Waals surface area (Å²) in [4.78, 5) is 0. The van der Waals surface area contributed by atoms with E-state index in [1.165, 1.54) is 0 Å². The van der Waals surface area contributed by atoms with Crippen molar-refractivity contribution in [1.82, 2.24) is 9.78 Å². The molecule has 0 fully saturated rings. The van der Waals surface area contributed by atoms with Crippen molar-refractivity contribution >= 4 is 28.9 Å². The number of rotatable bonds is 4. The minimum absolute atomic E-state index is 0.643. The molecule has 0 atom stereocenters. The molecule has 3 nitrogen and oxygen atoms in total. The summed E-state index contributed by atoms with van der Waals surface area (Å²) in [6, 6.07) is 15.5. The van der Waals surface area contributed by atoms with Gasteiger partial charge in [-0.05, 0) is 48.0 Å². The third-order valence-corrected chi connectivity index (χ3v) is 3.47. The first kappa shape index (κ1) is 14.0. The highest BCUT2D eigenvalue weighted by molar-refractivity contribution is 6.34. The molecule has 5 heteroatoms. The van der Waals surface area contributed by atoms with Crippen molar-refractivity contribution in [3.8, 4) is 5.69 Å². The summed E-state index contributed by atoms with van der Waals surface area (Å²) < 4.78 is 1.82. The molecule has 0 unspecified atom stereocenters. The molecule has 3 aromatic rings. The largest absolute Gasteiger partial charge is 0.381 e. The zero-order chi connectivity index (χ0) is 14.7. The van der Waals surface area contributed by atoms with Crippen molar-refractivity contribution in [3.63, 3.8) is 0 Å². The Morgan fingerprint density at radius 1 is 1.00 bits per heavy atom. The van der Waals surface area contributed by atoms with Crippen LogP contribution >= 0.6 is 23.2 Å². The van der Waals surface area contributed by atoms with Crippen molar-refractivity contribution in [2.45, 2.75) is 6.54 Å². The molecular formula is C16H13Cl2N3. The average molecular weight is 318 g/mol. The van der Waals surface area contributed by atoms with Crippen LogP contribution in [0.1, 0.15) is 5.56 Å². The number of hydrogen-bond acceptors (Lipinski definition) is 2. The lowest BCUT2D eigenvalue weighted by Gasteiger charge is -2.09. The van der Waals surface area contributed by atoms with Gasteiger partial charge in [0.05, 0.1) is 5.69 Å². The van der Waals surface area contributed by atoms with Gasteiger partial charge in [-0.2, -0.15) is 5.10 Å². The second kappa shape index (κ2) is 6.20. The highest BCUT2D eigenvalue weighted by Crippen LogP contribution is 2.20. The molecular weight excluding hydrogens is 305 g/mol. The van der Waals surface area contributed by atoms with Crippen LogP contribution < -0.4 is 5.32 Å². The fourth-order valence-electron chi connectivity index (χ4n) is 2.10. The van der Waals surface area contributed by atoms with E-state index < -0.39 is 0 Å². The van der Waals surface area contributed by atoms with Gasteiger partial charge in [0.25, 0.3) is 0 Å². The molecule has 0 radical (unpaired) electrons.